The Morgan fingerprint density at radius 3 is 2.37 bits per heavy atom. The van der Waals surface area contributed by atoms with Gasteiger partial charge in [0.2, 0.25) is 5.91 Å². The molecule has 0 N–H and O–H groups in total. The molecule has 1 atom stereocenters. The predicted octanol–water partition coefficient (Wildman–Crippen LogP) is 4.35. The van der Waals surface area contributed by atoms with Crippen LogP contribution in [-0.2, 0) is 26.6 Å². The van der Waals surface area contributed by atoms with E-state index in [4.69, 9.17) is 0 Å². The lowest BCUT2D eigenvalue weighted by molar-refractivity contribution is -0.128. The van der Waals surface area contributed by atoms with Crippen LogP contribution in [0.3, 0.4) is 0 Å². The highest BCUT2D eigenvalue weighted by Gasteiger charge is 2.34. The molecule has 6 heteroatoms. The van der Waals surface area contributed by atoms with E-state index in [-0.39, 0.29) is 29.4 Å². The topological polar surface area (TPSA) is 54.5 Å². The number of hydrogen-bond acceptors (Lipinski definition) is 3. The van der Waals surface area contributed by atoms with Gasteiger partial charge in [0.05, 0.1) is 11.5 Å². The monoisotopic (exact) mass is 429 g/mol. The zero-order valence-electron chi connectivity index (χ0n) is 17.6. The molecule has 30 heavy (non-hydrogen) atoms. The Labute approximate surface area is 178 Å². The van der Waals surface area contributed by atoms with Gasteiger partial charge in [0, 0.05) is 24.2 Å². The Morgan fingerprint density at radius 1 is 1.13 bits per heavy atom. The summed E-state index contributed by atoms with van der Waals surface area (Å²) in [6.45, 7) is 6.45. The Bertz CT molecular complexity index is 1040. The van der Waals surface area contributed by atoms with Gasteiger partial charge in [-0.25, -0.2) is 12.8 Å². The number of amides is 1. The molecule has 2 aromatic rings. The van der Waals surface area contributed by atoms with Crippen LogP contribution < -0.4 is 0 Å². The Balaban J connectivity index is 1.81. The van der Waals surface area contributed by atoms with Gasteiger partial charge in [0.15, 0.2) is 9.84 Å². The van der Waals surface area contributed by atoms with E-state index < -0.39 is 21.7 Å². The Morgan fingerprint density at radius 2 is 1.80 bits per heavy atom. The fraction of sp³-hybridized carbons (Fsp3) is 0.375. The normalized spacial score (nSPS) is 18.6. The van der Waals surface area contributed by atoms with Crippen LogP contribution in [0.25, 0.3) is 6.08 Å². The van der Waals surface area contributed by atoms with Crippen molar-refractivity contribution in [1.82, 2.24) is 4.90 Å². The smallest absolute Gasteiger partial charge is 0.247 e. The maximum Gasteiger partial charge on any atom is 0.247 e. The number of rotatable bonds is 5. The van der Waals surface area contributed by atoms with Gasteiger partial charge in [-0.05, 0) is 35.1 Å². The molecule has 0 saturated carbocycles. The summed E-state index contributed by atoms with van der Waals surface area (Å²) in [6, 6.07) is 13.8. The third-order valence-corrected chi connectivity index (χ3v) is 7.18. The molecule has 0 bridgehead atoms. The summed E-state index contributed by atoms with van der Waals surface area (Å²) in [6.07, 6.45) is 3.53. The Kier molecular flexibility index (Phi) is 6.46. The van der Waals surface area contributed by atoms with E-state index in [1.807, 2.05) is 24.3 Å². The molecule has 4 nitrogen and oxygen atoms in total. The van der Waals surface area contributed by atoms with Crippen LogP contribution in [0.5, 0.6) is 0 Å². The van der Waals surface area contributed by atoms with E-state index >= 15 is 0 Å². The van der Waals surface area contributed by atoms with E-state index in [0.29, 0.717) is 12.0 Å². The SMILES string of the molecule is CC(C)(C)c1ccc(/C=C/C(=O)N(Cc2ccccc2F)[C@@H]2CCS(=O)(=O)C2)cc1. The molecule has 1 heterocycles. The highest BCUT2D eigenvalue weighted by Crippen LogP contribution is 2.24. The van der Waals surface area contributed by atoms with Gasteiger partial charge < -0.3 is 4.90 Å². The van der Waals surface area contributed by atoms with Crippen molar-refractivity contribution < 1.29 is 17.6 Å². The standard InChI is InChI=1S/C24H28FNO3S/c1-24(2,3)20-11-8-18(9-12-20)10-13-23(27)26(21-14-15-30(28,29)17-21)16-19-6-4-5-7-22(19)25/h4-13,21H,14-17H2,1-3H3/b13-10+/t21-/m1/s1. The summed E-state index contributed by atoms with van der Waals surface area (Å²) in [5.74, 6) is -0.754. The minimum absolute atomic E-state index is 0.0407. The predicted molar refractivity (Wildman–Crippen MR) is 118 cm³/mol. The fourth-order valence-corrected chi connectivity index (χ4v) is 5.31. The van der Waals surface area contributed by atoms with Crippen molar-refractivity contribution >= 4 is 21.8 Å². The first-order chi connectivity index (χ1) is 14.0. The maximum absolute atomic E-state index is 14.2. The zero-order chi connectivity index (χ0) is 21.9. The second-order valence-electron chi connectivity index (χ2n) is 8.82. The van der Waals surface area contributed by atoms with Gasteiger partial charge in [-0.15, -0.1) is 0 Å². The van der Waals surface area contributed by atoms with Crippen molar-refractivity contribution in [2.75, 3.05) is 11.5 Å². The fourth-order valence-electron chi connectivity index (χ4n) is 3.58. The molecule has 2 aromatic carbocycles. The molecule has 0 unspecified atom stereocenters. The van der Waals surface area contributed by atoms with Crippen LogP contribution in [-0.4, -0.2) is 36.8 Å². The minimum atomic E-state index is -3.17. The first-order valence-electron chi connectivity index (χ1n) is 10.1. The second-order valence-corrected chi connectivity index (χ2v) is 11.0. The molecule has 1 aliphatic rings. The average Bonchev–Trinajstić information content (AvgIpc) is 3.04. The van der Waals surface area contributed by atoms with Crippen LogP contribution in [0.4, 0.5) is 4.39 Å². The van der Waals surface area contributed by atoms with Crippen molar-refractivity contribution in [2.45, 2.75) is 45.2 Å². The van der Waals surface area contributed by atoms with E-state index in [1.54, 1.807) is 24.3 Å². The van der Waals surface area contributed by atoms with Gasteiger partial charge in [0.1, 0.15) is 5.82 Å². The van der Waals surface area contributed by atoms with E-state index in [2.05, 4.69) is 20.8 Å². The maximum atomic E-state index is 14.2. The highest BCUT2D eigenvalue weighted by molar-refractivity contribution is 7.91. The largest absolute Gasteiger partial charge is 0.331 e. The van der Waals surface area contributed by atoms with Crippen LogP contribution >= 0.6 is 0 Å². The molecule has 1 fully saturated rings. The van der Waals surface area contributed by atoms with Crippen molar-refractivity contribution in [2.24, 2.45) is 0 Å². The molecule has 160 valence electrons. The second kappa shape index (κ2) is 8.72. The number of benzene rings is 2. The molecule has 0 aromatic heterocycles. The lowest BCUT2D eigenvalue weighted by Gasteiger charge is -2.27. The third-order valence-electron chi connectivity index (χ3n) is 5.43. The molecular weight excluding hydrogens is 401 g/mol. The van der Waals surface area contributed by atoms with Crippen LogP contribution in [0.15, 0.2) is 54.6 Å². The average molecular weight is 430 g/mol. The van der Waals surface area contributed by atoms with Gasteiger partial charge in [-0.1, -0.05) is 63.2 Å². The third kappa shape index (κ3) is 5.57. The van der Waals surface area contributed by atoms with Gasteiger partial charge in [0.25, 0.3) is 0 Å². The molecule has 1 aliphatic heterocycles. The first-order valence-corrected chi connectivity index (χ1v) is 11.9. The van der Waals surface area contributed by atoms with Gasteiger partial charge >= 0.3 is 0 Å². The van der Waals surface area contributed by atoms with Crippen molar-refractivity contribution in [3.63, 3.8) is 0 Å². The van der Waals surface area contributed by atoms with Crippen molar-refractivity contribution in [3.8, 4) is 0 Å². The molecule has 0 spiro atoms. The van der Waals surface area contributed by atoms with Crippen LogP contribution in [0.2, 0.25) is 0 Å². The zero-order valence-corrected chi connectivity index (χ0v) is 18.5. The lowest BCUT2D eigenvalue weighted by atomic mass is 9.87. The number of nitrogens with zero attached hydrogens (tertiary/aromatic N) is 1. The van der Waals surface area contributed by atoms with Gasteiger partial charge in [-0.2, -0.15) is 0 Å². The van der Waals surface area contributed by atoms with E-state index in [0.717, 1.165) is 5.56 Å². The minimum Gasteiger partial charge on any atom is -0.331 e. The summed E-state index contributed by atoms with van der Waals surface area (Å²) in [7, 11) is -3.17. The molecule has 1 amide bonds. The molecule has 3 rings (SSSR count). The number of carbonyl (C=O) groups is 1. The highest BCUT2D eigenvalue weighted by atomic mass is 32.2. The van der Waals surface area contributed by atoms with Crippen molar-refractivity contribution in [3.05, 3.63) is 77.1 Å². The van der Waals surface area contributed by atoms with Crippen LogP contribution in [0, 0.1) is 5.82 Å². The first kappa shape index (κ1) is 22.2. The molecule has 0 aliphatic carbocycles. The number of carbonyl (C=O) groups excluding carboxylic acids is 1. The summed E-state index contributed by atoms with van der Waals surface area (Å²) >= 11 is 0. The summed E-state index contributed by atoms with van der Waals surface area (Å²) in [5.41, 5.74) is 2.49. The van der Waals surface area contributed by atoms with Crippen molar-refractivity contribution in [1.29, 1.82) is 0 Å². The van der Waals surface area contributed by atoms with Crippen LogP contribution in [0.1, 0.15) is 43.9 Å². The van der Waals surface area contributed by atoms with E-state index in [9.17, 15) is 17.6 Å². The molecule has 1 saturated heterocycles. The number of hydrogen-bond donors (Lipinski definition) is 0. The molecular formula is C24H28FNO3S. The number of halogens is 1. The van der Waals surface area contributed by atoms with E-state index in [1.165, 1.54) is 22.6 Å². The lowest BCUT2D eigenvalue weighted by Crippen LogP contribution is -2.39. The number of sulfone groups is 1. The summed E-state index contributed by atoms with van der Waals surface area (Å²) in [4.78, 5) is 14.5. The Hall–Kier alpha value is -2.47. The molecule has 0 radical (unpaired) electrons. The quantitative estimate of drug-likeness (QED) is 0.664. The summed E-state index contributed by atoms with van der Waals surface area (Å²) < 4.78 is 38.1. The summed E-state index contributed by atoms with van der Waals surface area (Å²) in [5, 5.41) is 0. The van der Waals surface area contributed by atoms with Gasteiger partial charge in [-0.3, -0.25) is 4.79 Å².